The molecule has 0 unspecified atom stereocenters. The molecule has 4 aromatic rings. The first kappa shape index (κ1) is 25.6. The third kappa shape index (κ3) is 6.82. The Labute approximate surface area is 214 Å². The molecule has 4 rings (SSSR count). The van der Waals surface area contributed by atoms with E-state index < -0.39 is 10.0 Å². The zero-order valence-corrected chi connectivity index (χ0v) is 21.5. The van der Waals surface area contributed by atoms with Crippen molar-refractivity contribution in [2.24, 2.45) is 0 Å². The lowest BCUT2D eigenvalue weighted by molar-refractivity contribution is 0.180. The molecule has 0 bridgehead atoms. The third-order valence-electron chi connectivity index (χ3n) is 6.20. The predicted octanol–water partition coefficient (Wildman–Crippen LogP) is 5.73. The van der Waals surface area contributed by atoms with Crippen LogP contribution in [-0.4, -0.2) is 27.0 Å². The minimum absolute atomic E-state index is 0.212. The SMILES string of the molecule is COc1ccc([C@@H](CNS(=O)(=O)c2ccc(C)cc2)N(Cc2ccccc2)Cc2ccccc2)cc1. The van der Waals surface area contributed by atoms with Gasteiger partial charge in [-0.1, -0.05) is 90.5 Å². The first-order valence-corrected chi connectivity index (χ1v) is 13.4. The van der Waals surface area contributed by atoms with Gasteiger partial charge < -0.3 is 4.74 Å². The van der Waals surface area contributed by atoms with Gasteiger partial charge in [-0.05, 0) is 47.9 Å². The lowest BCUT2D eigenvalue weighted by Gasteiger charge is -2.33. The Morgan fingerprint density at radius 2 is 1.28 bits per heavy atom. The Kier molecular flexibility index (Phi) is 8.54. The van der Waals surface area contributed by atoms with Crippen molar-refractivity contribution in [2.45, 2.75) is 31.0 Å². The summed E-state index contributed by atoms with van der Waals surface area (Å²) in [6.07, 6.45) is 0. The predicted molar refractivity (Wildman–Crippen MR) is 144 cm³/mol. The van der Waals surface area contributed by atoms with E-state index in [0.717, 1.165) is 28.0 Å². The van der Waals surface area contributed by atoms with Crippen LogP contribution in [0.4, 0.5) is 0 Å². The average Bonchev–Trinajstić information content (AvgIpc) is 2.90. The third-order valence-corrected chi connectivity index (χ3v) is 7.64. The van der Waals surface area contributed by atoms with Crippen LogP contribution in [0, 0.1) is 6.92 Å². The second kappa shape index (κ2) is 12.0. The fraction of sp³-hybridized carbons (Fsp3) is 0.200. The lowest BCUT2D eigenvalue weighted by Crippen LogP contribution is -2.37. The second-order valence-corrected chi connectivity index (χ2v) is 10.6. The molecule has 0 heterocycles. The molecule has 6 heteroatoms. The Balaban J connectivity index is 1.68. The van der Waals surface area contributed by atoms with Crippen molar-refractivity contribution in [2.75, 3.05) is 13.7 Å². The van der Waals surface area contributed by atoms with E-state index in [9.17, 15) is 8.42 Å². The second-order valence-electron chi connectivity index (χ2n) is 8.83. The van der Waals surface area contributed by atoms with Crippen LogP contribution in [0.3, 0.4) is 0 Å². The number of hydrogen-bond acceptors (Lipinski definition) is 4. The van der Waals surface area contributed by atoms with Gasteiger partial charge in [0, 0.05) is 25.7 Å². The van der Waals surface area contributed by atoms with Crippen LogP contribution in [-0.2, 0) is 23.1 Å². The molecule has 1 atom stereocenters. The first-order chi connectivity index (χ1) is 17.4. The summed E-state index contributed by atoms with van der Waals surface area (Å²) < 4.78 is 34.6. The Hall–Kier alpha value is -3.45. The van der Waals surface area contributed by atoms with Crippen LogP contribution >= 0.6 is 0 Å². The molecule has 0 saturated heterocycles. The minimum atomic E-state index is -3.67. The molecule has 1 N–H and O–H groups in total. The van der Waals surface area contributed by atoms with E-state index in [1.54, 1.807) is 19.2 Å². The summed E-state index contributed by atoms with van der Waals surface area (Å²) in [5.41, 5.74) is 4.35. The van der Waals surface area contributed by atoms with Gasteiger partial charge in [0.2, 0.25) is 10.0 Å². The van der Waals surface area contributed by atoms with Crippen molar-refractivity contribution in [3.63, 3.8) is 0 Å². The molecule has 0 fully saturated rings. The molecule has 0 amide bonds. The molecular weight excluding hydrogens is 468 g/mol. The van der Waals surface area contributed by atoms with Gasteiger partial charge in [-0.3, -0.25) is 4.90 Å². The van der Waals surface area contributed by atoms with Gasteiger partial charge >= 0.3 is 0 Å². The van der Waals surface area contributed by atoms with Gasteiger partial charge in [0.15, 0.2) is 0 Å². The number of aryl methyl sites for hydroxylation is 1. The Morgan fingerprint density at radius 3 is 1.78 bits per heavy atom. The van der Waals surface area contributed by atoms with Crippen molar-refractivity contribution in [3.05, 3.63) is 131 Å². The molecule has 0 aliphatic rings. The van der Waals surface area contributed by atoms with Crippen LogP contribution in [0.1, 0.15) is 28.3 Å². The maximum atomic E-state index is 13.2. The van der Waals surface area contributed by atoms with E-state index in [4.69, 9.17) is 4.74 Å². The van der Waals surface area contributed by atoms with E-state index >= 15 is 0 Å². The van der Waals surface area contributed by atoms with Gasteiger partial charge in [-0.2, -0.15) is 0 Å². The normalized spacial score (nSPS) is 12.4. The van der Waals surface area contributed by atoms with Crippen molar-refractivity contribution >= 4 is 10.0 Å². The highest BCUT2D eigenvalue weighted by Gasteiger charge is 2.24. The zero-order valence-electron chi connectivity index (χ0n) is 20.7. The van der Waals surface area contributed by atoms with Crippen molar-refractivity contribution in [3.8, 4) is 5.75 Å². The maximum absolute atomic E-state index is 13.2. The molecule has 0 spiro atoms. The standard InChI is InChI=1S/C30H32N2O3S/c1-24-13-19-29(20-14-24)36(33,34)31-21-30(27-15-17-28(35-2)18-16-27)32(22-25-9-5-3-6-10-25)23-26-11-7-4-8-12-26/h3-20,30-31H,21-23H2,1-2H3/t30-/m1/s1. The van der Waals surface area contributed by atoms with Crippen molar-refractivity contribution in [1.29, 1.82) is 0 Å². The lowest BCUT2D eigenvalue weighted by atomic mass is 10.0. The molecule has 0 aliphatic carbocycles. The molecule has 0 aromatic heterocycles. The highest BCUT2D eigenvalue weighted by Crippen LogP contribution is 2.27. The summed E-state index contributed by atoms with van der Waals surface area (Å²) in [6.45, 7) is 3.49. The zero-order chi connectivity index (χ0) is 25.4. The van der Waals surface area contributed by atoms with Crippen LogP contribution in [0.25, 0.3) is 0 Å². The Bertz CT molecular complexity index is 1280. The quantitative estimate of drug-likeness (QED) is 0.286. The number of hydrogen-bond donors (Lipinski definition) is 1. The summed E-state index contributed by atoms with van der Waals surface area (Å²) in [4.78, 5) is 2.57. The van der Waals surface area contributed by atoms with E-state index in [-0.39, 0.29) is 17.5 Å². The van der Waals surface area contributed by atoms with E-state index in [2.05, 4.69) is 33.9 Å². The van der Waals surface area contributed by atoms with Gasteiger partial charge in [-0.25, -0.2) is 13.1 Å². The van der Waals surface area contributed by atoms with Gasteiger partial charge in [-0.15, -0.1) is 0 Å². The first-order valence-electron chi connectivity index (χ1n) is 12.0. The number of rotatable bonds is 11. The summed E-state index contributed by atoms with van der Waals surface area (Å²) in [5, 5.41) is 0. The number of sulfonamides is 1. The Morgan fingerprint density at radius 1 is 0.750 bits per heavy atom. The highest BCUT2D eigenvalue weighted by molar-refractivity contribution is 7.89. The van der Waals surface area contributed by atoms with Crippen LogP contribution in [0.2, 0.25) is 0 Å². The van der Waals surface area contributed by atoms with Gasteiger partial charge in [0.05, 0.1) is 12.0 Å². The molecular formula is C30H32N2O3S. The average molecular weight is 501 g/mol. The minimum Gasteiger partial charge on any atom is -0.497 e. The number of nitrogens with one attached hydrogen (secondary N) is 1. The monoisotopic (exact) mass is 500 g/mol. The maximum Gasteiger partial charge on any atom is 0.240 e. The van der Waals surface area contributed by atoms with Gasteiger partial charge in [0.25, 0.3) is 0 Å². The van der Waals surface area contributed by atoms with E-state index in [1.165, 1.54) is 0 Å². The number of methoxy groups -OCH3 is 1. The molecule has 4 aromatic carbocycles. The van der Waals surface area contributed by atoms with E-state index in [1.807, 2.05) is 79.7 Å². The molecule has 0 aliphatic heterocycles. The largest absolute Gasteiger partial charge is 0.497 e. The van der Waals surface area contributed by atoms with Crippen LogP contribution in [0.5, 0.6) is 5.75 Å². The number of nitrogens with zero attached hydrogens (tertiary/aromatic N) is 1. The van der Waals surface area contributed by atoms with Crippen LogP contribution in [0.15, 0.2) is 114 Å². The van der Waals surface area contributed by atoms with Crippen LogP contribution < -0.4 is 9.46 Å². The summed E-state index contributed by atoms with van der Waals surface area (Å²) in [6, 6.07) is 35.0. The summed E-state index contributed by atoms with van der Waals surface area (Å²) in [5.74, 6) is 0.760. The van der Waals surface area contributed by atoms with E-state index in [0.29, 0.717) is 13.1 Å². The fourth-order valence-electron chi connectivity index (χ4n) is 4.19. The van der Waals surface area contributed by atoms with Gasteiger partial charge in [0.1, 0.15) is 5.75 Å². The number of benzene rings is 4. The van der Waals surface area contributed by atoms with Crippen molar-refractivity contribution < 1.29 is 13.2 Å². The van der Waals surface area contributed by atoms with Crippen molar-refractivity contribution in [1.82, 2.24) is 9.62 Å². The summed E-state index contributed by atoms with van der Waals surface area (Å²) in [7, 11) is -2.04. The topological polar surface area (TPSA) is 58.6 Å². The fourth-order valence-corrected chi connectivity index (χ4v) is 5.22. The number of ether oxygens (including phenoxy) is 1. The molecule has 0 saturated carbocycles. The highest BCUT2D eigenvalue weighted by atomic mass is 32.2. The molecule has 5 nitrogen and oxygen atoms in total. The summed E-state index contributed by atoms with van der Waals surface area (Å²) >= 11 is 0. The molecule has 36 heavy (non-hydrogen) atoms. The molecule has 186 valence electrons. The molecule has 0 radical (unpaired) electrons. The smallest absolute Gasteiger partial charge is 0.240 e.